The average molecular weight is 412 g/mol. The molecule has 1 aromatic carbocycles. The Morgan fingerprint density at radius 2 is 1.86 bits per heavy atom. The quantitative estimate of drug-likeness (QED) is 0.594. The van der Waals surface area contributed by atoms with Gasteiger partial charge in [-0.15, -0.1) is 0 Å². The molecule has 1 fully saturated rings. The summed E-state index contributed by atoms with van der Waals surface area (Å²) in [6.45, 7) is 1.20. The molecule has 28 heavy (non-hydrogen) atoms. The molecule has 9 heteroatoms. The SMILES string of the molecule is CN(C)Cc1ccc2c(c1)c1nc(N3CCCC3)nc(Cl)c1n2CC(F)(F)F. The zero-order valence-electron chi connectivity index (χ0n) is 15.7. The van der Waals surface area contributed by atoms with Gasteiger partial charge in [0.25, 0.3) is 0 Å². The molecular formula is C19H21ClF3N5. The van der Waals surface area contributed by atoms with Gasteiger partial charge in [-0.3, -0.25) is 0 Å². The van der Waals surface area contributed by atoms with Gasteiger partial charge in [0.2, 0.25) is 5.95 Å². The fourth-order valence-corrected chi connectivity index (χ4v) is 4.10. The van der Waals surface area contributed by atoms with E-state index < -0.39 is 12.7 Å². The largest absolute Gasteiger partial charge is 0.406 e. The van der Waals surface area contributed by atoms with Gasteiger partial charge in [0.05, 0.1) is 5.52 Å². The third kappa shape index (κ3) is 3.63. The van der Waals surface area contributed by atoms with Crippen LogP contribution in [0, 0.1) is 0 Å². The lowest BCUT2D eigenvalue weighted by Crippen LogP contribution is -2.21. The molecule has 4 rings (SSSR count). The van der Waals surface area contributed by atoms with E-state index in [4.69, 9.17) is 11.6 Å². The summed E-state index contributed by atoms with van der Waals surface area (Å²) in [5.74, 6) is 0.485. The molecule has 150 valence electrons. The summed E-state index contributed by atoms with van der Waals surface area (Å²) in [7, 11) is 3.89. The van der Waals surface area contributed by atoms with Crippen molar-refractivity contribution in [3.05, 3.63) is 28.9 Å². The number of rotatable bonds is 4. The number of halogens is 4. The number of alkyl halides is 3. The van der Waals surface area contributed by atoms with E-state index in [-0.39, 0.29) is 10.7 Å². The van der Waals surface area contributed by atoms with Gasteiger partial charge in [0.1, 0.15) is 17.6 Å². The van der Waals surface area contributed by atoms with Crippen molar-refractivity contribution >= 4 is 39.5 Å². The van der Waals surface area contributed by atoms with E-state index in [1.54, 1.807) is 6.07 Å². The molecule has 0 bridgehead atoms. The van der Waals surface area contributed by atoms with Crippen LogP contribution in [0.25, 0.3) is 21.9 Å². The lowest BCUT2D eigenvalue weighted by Gasteiger charge is -2.16. The number of anilines is 1. The smallest absolute Gasteiger partial charge is 0.341 e. The summed E-state index contributed by atoms with van der Waals surface area (Å²) in [4.78, 5) is 13.0. The number of fused-ring (bicyclic) bond motifs is 3. The first-order chi connectivity index (χ1) is 13.2. The maximum atomic E-state index is 13.3. The monoisotopic (exact) mass is 411 g/mol. The molecule has 0 N–H and O–H groups in total. The van der Waals surface area contributed by atoms with Crippen LogP contribution in [0.3, 0.4) is 0 Å². The van der Waals surface area contributed by atoms with Crippen LogP contribution >= 0.6 is 11.6 Å². The molecule has 3 aromatic rings. The van der Waals surface area contributed by atoms with Crippen LogP contribution in [0.5, 0.6) is 0 Å². The minimum atomic E-state index is -4.38. The van der Waals surface area contributed by atoms with E-state index in [0.717, 1.165) is 31.5 Å². The summed E-state index contributed by atoms with van der Waals surface area (Å²) in [5.41, 5.74) is 2.17. The van der Waals surface area contributed by atoms with E-state index in [1.807, 2.05) is 36.0 Å². The maximum Gasteiger partial charge on any atom is 0.406 e. The zero-order chi connectivity index (χ0) is 20.1. The number of benzene rings is 1. The predicted octanol–water partition coefficient (Wildman–Crippen LogP) is 4.46. The lowest BCUT2D eigenvalue weighted by molar-refractivity contribution is -0.139. The second-order valence-electron chi connectivity index (χ2n) is 7.50. The number of hydrogen-bond donors (Lipinski definition) is 0. The summed E-state index contributed by atoms with van der Waals surface area (Å²) in [6, 6.07) is 5.46. The van der Waals surface area contributed by atoms with Gasteiger partial charge in [0, 0.05) is 25.0 Å². The van der Waals surface area contributed by atoms with E-state index in [1.165, 1.54) is 4.57 Å². The molecule has 1 aliphatic heterocycles. The van der Waals surface area contributed by atoms with Crippen LogP contribution in [0.4, 0.5) is 19.1 Å². The summed E-state index contributed by atoms with van der Waals surface area (Å²) in [5, 5.41) is 0.727. The number of hydrogen-bond acceptors (Lipinski definition) is 4. The van der Waals surface area contributed by atoms with Gasteiger partial charge in [0.15, 0.2) is 5.15 Å². The van der Waals surface area contributed by atoms with Crippen molar-refractivity contribution in [2.75, 3.05) is 32.1 Å². The van der Waals surface area contributed by atoms with E-state index >= 15 is 0 Å². The van der Waals surface area contributed by atoms with Gasteiger partial charge in [-0.25, -0.2) is 4.98 Å². The fourth-order valence-electron chi connectivity index (χ4n) is 3.84. The van der Waals surface area contributed by atoms with Crippen LogP contribution in [0.15, 0.2) is 18.2 Å². The first-order valence-electron chi connectivity index (χ1n) is 9.18. The lowest BCUT2D eigenvalue weighted by atomic mass is 10.1. The third-order valence-electron chi connectivity index (χ3n) is 4.93. The van der Waals surface area contributed by atoms with Crippen molar-refractivity contribution in [1.29, 1.82) is 0 Å². The highest BCUT2D eigenvalue weighted by atomic mass is 35.5. The number of aromatic nitrogens is 3. The topological polar surface area (TPSA) is 37.2 Å². The van der Waals surface area contributed by atoms with Gasteiger partial charge in [-0.1, -0.05) is 17.7 Å². The Morgan fingerprint density at radius 1 is 1.14 bits per heavy atom. The van der Waals surface area contributed by atoms with Crippen LogP contribution in [0.1, 0.15) is 18.4 Å². The molecule has 0 amide bonds. The normalized spacial score (nSPS) is 15.5. The second kappa shape index (κ2) is 7.08. The van der Waals surface area contributed by atoms with Gasteiger partial charge >= 0.3 is 6.18 Å². The Bertz CT molecular complexity index is 1020. The number of nitrogens with zero attached hydrogens (tertiary/aromatic N) is 5. The van der Waals surface area contributed by atoms with Crippen molar-refractivity contribution in [3.8, 4) is 0 Å². The highest BCUT2D eigenvalue weighted by Crippen LogP contribution is 2.36. The van der Waals surface area contributed by atoms with Gasteiger partial charge in [-0.05, 0) is 44.6 Å². The van der Waals surface area contributed by atoms with Crippen molar-refractivity contribution in [2.24, 2.45) is 0 Å². The molecule has 0 unspecified atom stereocenters. The Hall–Kier alpha value is -2.06. The molecule has 5 nitrogen and oxygen atoms in total. The van der Waals surface area contributed by atoms with Crippen LogP contribution in [-0.4, -0.2) is 52.8 Å². The molecular weight excluding hydrogens is 391 g/mol. The molecule has 0 saturated carbocycles. The van der Waals surface area contributed by atoms with Crippen molar-refractivity contribution in [2.45, 2.75) is 32.1 Å². The maximum absolute atomic E-state index is 13.3. The summed E-state index contributed by atoms with van der Waals surface area (Å²) in [6.07, 6.45) is -2.29. The fraction of sp³-hybridized carbons (Fsp3) is 0.474. The molecule has 1 aliphatic rings. The van der Waals surface area contributed by atoms with Gasteiger partial charge < -0.3 is 14.4 Å². The van der Waals surface area contributed by atoms with Crippen molar-refractivity contribution in [3.63, 3.8) is 0 Å². The standard InChI is InChI=1S/C19H21ClF3N5/c1-26(2)10-12-5-6-14-13(9-12)15-16(28(14)11-19(21,22)23)17(20)25-18(24-15)27-7-3-4-8-27/h5-6,9H,3-4,7-8,10-11H2,1-2H3. The average Bonchev–Trinajstić information content (AvgIpc) is 3.21. The molecule has 1 saturated heterocycles. The summed E-state index contributed by atoms with van der Waals surface area (Å²) >= 11 is 6.40. The van der Waals surface area contributed by atoms with Crippen LogP contribution in [-0.2, 0) is 13.1 Å². The van der Waals surface area contributed by atoms with E-state index in [2.05, 4.69) is 9.97 Å². The highest BCUT2D eigenvalue weighted by Gasteiger charge is 2.31. The Morgan fingerprint density at radius 3 is 2.50 bits per heavy atom. The van der Waals surface area contributed by atoms with E-state index in [0.29, 0.717) is 28.9 Å². The minimum Gasteiger partial charge on any atom is -0.341 e. The molecule has 2 aromatic heterocycles. The Kier molecular flexibility index (Phi) is 4.87. The molecule has 3 heterocycles. The molecule has 0 radical (unpaired) electrons. The van der Waals surface area contributed by atoms with Crippen molar-refractivity contribution < 1.29 is 13.2 Å². The van der Waals surface area contributed by atoms with E-state index in [9.17, 15) is 13.2 Å². The van der Waals surface area contributed by atoms with Crippen LogP contribution < -0.4 is 4.90 Å². The zero-order valence-corrected chi connectivity index (χ0v) is 16.5. The minimum absolute atomic E-state index is 0.0570. The highest BCUT2D eigenvalue weighted by molar-refractivity contribution is 6.35. The van der Waals surface area contributed by atoms with Crippen LogP contribution in [0.2, 0.25) is 5.15 Å². The molecule has 0 atom stereocenters. The summed E-state index contributed by atoms with van der Waals surface area (Å²) < 4.78 is 41.0. The van der Waals surface area contributed by atoms with Crippen molar-refractivity contribution in [1.82, 2.24) is 19.4 Å². The third-order valence-corrected chi connectivity index (χ3v) is 5.20. The predicted molar refractivity (Wildman–Crippen MR) is 105 cm³/mol. The van der Waals surface area contributed by atoms with Gasteiger partial charge in [-0.2, -0.15) is 18.2 Å². The Balaban J connectivity index is 1.97. The Labute approximate surface area is 165 Å². The molecule has 0 spiro atoms. The first kappa shape index (κ1) is 19.3. The second-order valence-corrected chi connectivity index (χ2v) is 7.85. The molecule has 0 aliphatic carbocycles. The first-order valence-corrected chi connectivity index (χ1v) is 9.55.